The van der Waals surface area contributed by atoms with Crippen LogP contribution in [0.4, 0.5) is 39.8 Å². The van der Waals surface area contributed by atoms with Crippen LogP contribution in [0.5, 0.6) is 0 Å². The van der Waals surface area contributed by atoms with Crippen LogP contribution in [0.1, 0.15) is 351 Å². The van der Waals surface area contributed by atoms with Gasteiger partial charge < -0.3 is 10.2 Å². The zero-order valence-electron chi connectivity index (χ0n) is 91.8. The van der Waals surface area contributed by atoms with Crippen molar-refractivity contribution in [1.82, 2.24) is 0 Å². The SMILES string of the molecule is CC(C)(C)CC(C)(C)c1ccc(Nc2ccc(C(C)(C)CC(C)(C)C)cc2)cc1.CC(C)c1cccc(C(C)C)c1N1C(=O)c2ccc3c4ccc5c6c(ccc(c7ccc(c2c37)C1=O)c64)-c1ccc(Cl)cc1C5.CC(C)c1cccc(C(C)C)c1N1C(=O)c2ccc3c4ccc5c6c(ccc(c7ccc(c2c37)C1=O)c64)-c1ccc(N(c2ccc(C(C)(C)CC(C)(C)C)cc2)c2ccc(C(C)(C)CC(C)(C)C)cc2)cc1C5. The molecule has 2 heterocycles. The van der Waals surface area contributed by atoms with Crippen molar-refractivity contribution in [3.63, 3.8) is 0 Å². The van der Waals surface area contributed by atoms with Gasteiger partial charge in [-0.05, 0) is 367 Å². The predicted molar refractivity (Wildman–Crippen MR) is 628 cm³/mol. The molecule has 0 bridgehead atoms. The lowest BCUT2D eigenvalue weighted by atomic mass is 9.72. The second kappa shape index (κ2) is 36.6. The van der Waals surface area contributed by atoms with Gasteiger partial charge in [-0.25, -0.2) is 9.80 Å². The standard InChI is InChI=1S/C69H72N2O2.C41H30ClNO2.C28H43N/c1-40(2)49-16-15-17-50(41(3)4)63(49)71-64(72)57-34-32-55-53-28-18-42-36-43-37-48(27-29-51(43)52-30-31-54(60(53)59(42)52)56-33-35-58(65(71)73)62(57)61(55)56)70(46-23-19-44(20-24-46)68(11,12)38-66(5,6)7)47-25-21-45(22-26-47)69(13,14)39-67(8,9)10;1-20(2)25-6-5-7-26(21(3)4)39(25)43-40(44)33-16-14-31-29-10-8-22-18-23-19-24(42)9-11-27(23)28-12-13-30(36(29)35(22)28)32-15-17-34(41(43)45)38(33)37(31)32;1-25(2,3)19-27(7,8)21-11-15-23(16-12-21)29-24-17-13-22(14-18-24)28(9,10)20-26(4,5)6/h15-35,37,40-41H,36,38-39H2,1-14H3;5-17,19-21H,18H2,1-4H3;11-18,29H,19-20H2,1-10H3. The Hall–Kier alpha value is -13.3. The van der Waals surface area contributed by atoms with Gasteiger partial charge in [0.25, 0.3) is 23.6 Å². The number of fused-ring (bicyclic) bond motifs is 8. The molecular weight excluding hydrogens is 1810 g/mol. The number of anilines is 7. The number of hydrogen-bond donors (Lipinski definition) is 1. The molecule has 2 aliphatic heterocycles. The Morgan fingerprint density at radius 2 is 0.503 bits per heavy atom. The van der Waals surface area contributed by atoms with Gasteiger partial charge in [0.2, 0.25) is 0 Å². The Morgan fingerprint density at radius 1 is 0.259 bits per heavy atom. The molecular formula is C138H145ClN4O4. The molecule has 147 heavy (non-hydrogen) atoms. The fourth-order valence-electron chi connectivity index (χ4n) is 27.0. The number of hydrogen-bond acceptors (Lipinski definition) is 6. The zero-order chi connectivity index (χ0) is 105. The summed E-state index contributed by atoms with van der Waals surface area (Å²) < 4.78 is 0. The van der Waals surface area contributed by atoms with Gasteiger partial charge in [-0.3, -0.25) is 19.2 Å². The molecule has 0 spiro atoms. The van der Waals surface area contributed by atoms with Gasteiger partial charge in [-0.1, -0.05) is 375 Å². The molecule has 8 nitrogen and oxygen atoms in total. The maximum absolute atomic E-state index is 14.9. The summed E-state index contributed by atoms with van der Waals surface area (Å²) in [5.74, 6) is -0.446. The third kappa shape index (κ3) is 18.2. The fourth-order valence-corrected chi connectivity index (χ4v) is 27.2. The fraction of sp³-hybridized carbons (Fsp3) is 0.333. The largest absolute Gasteiger partial charge is 0.356 e. The highest BCUT2D eigenvalue weighted by Gasteiger charge is 2.43. The molecule has 748 valence electrons. The lowest BCUT2D eigenvalue weighted by Crippen LogP contribution is -2.41. The molecule has 4 aliphatic rings. The summed E-state index contributed by atoms with van der Waals surface area (Å²) in [6, 6.07) is 96.5. The van der Waals surface area contributed by atoms with Crippen LogP contribution in [0.15, 0.2) is 267 Å². The van der Waals surface area contributed by atoms with Crippen molar-refractivity contribution in [2.24, 2.45) is 21.7 Å². The molecule has 18 aromatic rings. The van der Waals surface area contributed by atoms with E-state index in [1.165, 1.54) is 111 Å². The van der Waals surface area contributed by atoms with E-state index in [9.17, 15) is 19.2 Å². The first kappa shape index (κ1) is 101. The maximum Gasteiger partial charge on any atom is 0.266 e. The average Bonchev–Trinajstić information content (AvgIpc) is 0.689. The van der Waals surface area contributed by atoms with E-state index in [1.807, 2.05) is 48.5 Å². The Balaban J connectivity index is 0.000000150. The number of halogens is 1. The van der Waals surface area contributed by atoms with E-state index in [4.69, 9.17) is 11.6 Å². The zero-order valence-corrected chi connectivity index (χ0v) is 92.6. The van der Waals surface area contributed by atoms with Crippen molar-refractivity contribution in [3.05, 3.63) is 361 Å². The molecule has 9 heteroatoms. The minimum absolute atomic E-state index is 0.0371. The first-order valence-corrected chi connectivity index (χ1v) is 53.9. The van der Waals surface area contributed by atoms with Gasteiger partial charge in [0.05, 0.1) is 11.4 Å². The normalized spacial score (nSPS) is 14.1. The van der Waals surface area contributed by atoms with Gasteiger partial charge >= 0.3 is 0 Å². The van der Waals surface area contributed by atoms with E-state index < -0.39 is 0 Å². The summed E-state index contributed by atoms with van der Waals surface area (Å²) in [7, 11) is 0. The Morgan fingerprint density at radius 3 is 0.789 bits per heavy atom. The number of amides is 4. The lowest BCUT2D eigenvalue weighted by molar-refractivity contribution is 0.0877. The second-order valence-electron chi connectivity index (χ2n) is 51.8. The minimum Gasteiger partial charge on any atom is -0.356 e. The highest BCUT2D eigenvalue weighted by atomic mass is 35.5. The first-order valence-electron chi connectivity index (χ1n) is 53.6. The Labute approximate surface area is 876 Å². The van der Waals surface area contributed by atoms with Gasteiger partial charge in [0, 0.05) is 66.5 Å². The maximum atomic E-state index is 14.9. The Kier molecular flexibility index (Phi) is 25.2. The number of nitrogens with zero attached hydrogens (tertiary/aromatic N) is 3. The van der Waals surface area contributed by atoms with Gasteiger partial charge in [-0.15, -0.1) is 0 Å². The third-order valence-corrected chi connectivity index (χ3v) is 32.2. The summed E-state index contributed by atoms with van der Waals surface area (Å²) in [6.45, 7) is 63.7. The van der Waals surface area contributed by atoms with Crippen LogP contribution >= 0.6 is 11.6 Å². The molecule has 2 aliphatic carbocycles. The molecule has 0 aromatic heterocycles. The second-order valence-corrected chi connectivity index (χ2v) is 52.2. The van der Waals surface area contributed by atoms with Crippen molar-refractivity contribution >= 4 is 161 Å². The van der Waals surface area contributed by atoms with Crippen LogP contribution in [0, 0.1) is 21.7 Å². The van der Waals surface area contributed by atoms with Crippen LogP contribution in [0.3, 0.4) is 0 Å². The smallest absolute Gasteiger partial charge is 0.266 e. The third-order valence-electron chi connectivity index (χ3n) is 31.9. The number of benzene rings is 18. The molecule has 22 rings (SSSR count). The van der Waals surface area contributed by atoms with Crippen LogP contribution in [0.2, 0.25) is 5.02 Å². The van der Waals surface area contributed by atoms with Gasteiger partial charge in [0.1, 0.15) is 0 Å². The molecule has 0 unspecified atom stereocenters. The number of nitrogens with one attached hydrogen (secondary N) is 1. The van der Waals surface area contributed by atoms with Crippen molar-refractivity contribution in [2.45, 2.75) is 278 Å². The lowest BCUT2D eigenvalue weighted by Gasteiger charge is -2.34. The van der Waals surface area contributed by atoms with E-state index in [0.717, 1.165) is 157 Å². The van der Waals surface area contributed by atoms with Crippen LogP contribution < -0.4 is 20.0 Å². The molecule has 0 fully saturated rings. The van der Waals surface area contributed by atoms with Gasteiger partial charge in [-0.2, -0.15) is 0 Å². The quantitative estimate of drug-likeness (QED) is 0.0493. The molecule has 1 N–H and O–H groups in total. The molecule has 4 amide bonds. The summed E-state index contributed by atoms with van der Waals surface area (Å²) >= 11 is 6.39. The molecule has 0 radical (unpaired) electrons. The van der Waals surface area contributed by atoms with Crippen molar-refractivity contribution in [2.75, 3.05) is 20.0 Å². The topological polar surface area (TPSA) is 90.0 Å². The average molecular weight is 1960 g/mol. The molecule has 18 aromatic carbocycles. The number of rotatable bonds is 19. The van der Waals surface area contributed by atoms with E-state index in [1.54, 1.807) is 0 Å². The molecule has 0 saturated heterocycles. The number of carbonyl (C=O) groups is 4. The summed E-state index contributed by atoms with van der Waals surface area (Å²) in [4.78, 5) is 64.2. The first-order chi connectivity index (χ1) is 69.2. The van der Waals surface area contributed by atoms with Crippen molar-refractivity contribution < 1.29 is 19.2 Å². The van der Waals surface area contributed by atoms with E-state index >= 15 is 0 Å². The van der Waals surface area contributed by atoms with E-state index in [0.29, 0.717) is 33.1 Å². The van der Waals surface area contributed by atoms with Crippen molar-refractivity contribution in [1.29, 1.82) is 0 Å². The van der Waals surface area contributed by atoms with Gasteiger partial charge in [0.15, 0.2) is 0 Å². The molecule has 0 atom stereocenters. The summed E-state index contributed by atoms with van der Waals surface area (Å²) in [5, 5.41) is 21.8. The Bertz CT molecular complexity index is 8020. The predicted octanol–water partition coefficient (Wildman–Crippen LogP) is 39.1. The molecule has 0 saturated carbocycles. The number of imide groups is 2. The van der Waals surface area contributed by atoms with Crippen LogP contribution in [0.25, 0.3) is 108 Å². The minimum atomic E-state index is -0.254. The van der Waals surface area contributed by atoms with Crippen molar-refractivity contribution in [3.8, 4) is 22.3 Å². The highest BCUT2D eigenvalue weighted by molar-refractivity contribution is 6.45. The van der Waals surface area contributed by atoms with E-state index in [2.05, 4.69) is 422 Å². The van der Waals surface area contributed by atoms with Crippen LogP contribution in [-0.4, -0.2) is 23.6 Å². The highest BCUT2D eigenvalue weighted by Crippen LogP contribution is 2.56. The monoisotopic (exact) mass is 1960 g/mol. The summed E-state index contributed by atoms with van der Waals surface area (Å²) in [6.07, 6.45) is 6.15. The van der Waals surface area contributed by atoms with Crippen LogP contribution in [-0.2, 0) is 34.5 Å². The summed E-state index contributed by atoms with van der Waals surface area (Å²) in [5.41, 5.74) is 30.6. The van der Waals surface area contributed by atoms with E-state index in [-0.39, 0.29) is 79.8 Å². The number of carbonyl (C=O) groups excluding carboxylic acids is 4. The number of para-hydroxylation sites is 2.